The Morgan fingerprint density at radius 2 is 1.94 bits per heavy atom. The molecule has 1 unspecified atom stereocenters. The van der Waals surface area contributed by atoms with Gasteiger partial charge in [0.05, 0.1) is 6.61 Å². The Morgan fingerprint density at radius 1 is 1.29 bits per heavy atom. The van der Waals surface area contributed by atoms with E-state index in [0.29, 0.717) is 6.61 Å². The van der Waals surface area contributed by atoms with E-state index in [2.05, 4.69) is 0 Å². The van der Waals surface area contributed by atoms with Crippen LogP contribution in [0.5, 0.6) is 0 Å². The van der Waals surface area contributed by atoms with E-state index < -0.39 is 11.6 Å². The number of hydrogen-bond acceptors (Lipinski definition) is 1. The molecule has 0 aromatic heterocycles. The maximum Gasteiger partial charge on any atom is 0.401 e. The summed E-state index contributed by atoms with van der Waals surface area (Å²) in [5.74, 6) is 0.543. The fourth-order valence-corrected chi connectivity index (χ4v) is 1.33. The molecule has 0 aromatic rings. The topological polar surface area (TPSA) is 9.23 Å². The third-order valence-electron chi connectivity index (χ3n) is 2.45. The summed E-state index contributed by atoms with van der Waals surface area (Å²) < 4.78 is 44.0. The lowest BCUT2D eigenvalue weighted by molar-refractivity contribution is -0.184. The molecule has 0 saturated heterocycles. The molecule has 4 heteroatoms. The molecule has 0 amide bonds. The fourth-order valence-electron chi connectivity index (χ4n) is 1.33. The highest BCUT2D eigenvalue weighted by molar-refractivity contribution is 5.29. The third-order valence-corrected chi connectivity index (χ3v) is 2.45. The third kappa shape index (κ3) is 3.65. The molecular weight excluding hydrogens is 229 g/mol. The zero-order valence-electron chi connectivity index (χ0n) is 10.2. The van der Waals surface area contributed by atoms with Gasteiger partial charge in [-0.25, -0.2) is 0 Å². The van der Waals surface area contributed by atoms with Crippen molar-refractivity contribution in [1.29, 1.82) is 0 Å². The molecule has 1 rings (SSSR count). The molecule has 0 saturated carbocycles. The minimum atomic E-state index is -4.32. The fraction of sp³-hybridized carbons (Fsp3) is 0.538. The van der Waals surface area contributed by atoms with Gasteiger partial charge >= 0.3 is 6.18 Å². The summed E-state index contributed by atoms with van der Waals surface area (Å²) in [5, 5.41) is 0. The minimum absolute atomic E-state index is 0.267. The second-order valence-corrected chi connectivity index (χ2v) is 4.75. The molecular formula is C13H17F3O. The molecule has 0 aromatic carbocycles. The summed E-state index contributed by atoms with van der Waals surface area (Å²) in [6, 6.07) is 0. The van der Waals surface area contributed by atoms with Crippen molar-refractivity contribution in [3.05, 3.63) is 36.1 Å². The summed E-state index contributed by atoms with van der Waals surface area (Å²) in [6.45, 7) is 5.43. The molecule has 0 fully saturated rings. The summed E-state index contributed by atoms with van der Waals surface area (Å²) in [6.07, 6.45) is 2.45. The molecule has 17 heavy (non-hydrogen) atoms. The lowest BCUT2D eigenvalue weighted by Crippen LogP contribution is -2.31. The van der Waals surface area contributed by atoms with Crippen LogP contribution in [0.25, 0.3) is 0 Å². The number of halogens is 3. The molecule has 1 nitrogen and oxygen atoms in total. The SMILES string of the molecule is CC(C)COC1=CC(C)(C(F)(F)F)C=CC=C1. The van der Waals surface area contributed by atoms with E-state index in [4.69, 9.17) is 4.74 Å². The highest BCUT2D eigenvalue weighted by Crippen LogP contribution is 2.42. The zero-order valence-corrected chi connectivity index (χ0v) is 10.2. The molecule has 0 radical (unpaired) electrons. The van der Waals surface area contributed by atoms with Gasteiger partial charge in [0.2, 0.25) is 0 Å². The molecule has 0 spiro atoms. The van der Waals surface area contributed by atoms with Gasteiger partial charge in [0.25, 0.3) is 0 Å². The Balaban J connectivity index is 2.91. The van der Waals surface area contributed by atoms with Gasteiger partial charge in [0.1, 0.15) is 11.2 Å². The molecule has 1 atom stereocenters. The van der Waals surface area contributed by atoms with Crippen LogP contribution >= 0.6 is 0 Å². The van der Waals surface area contributed by atoms with Crippen LogP contribution in [-0.2, 0) is 4.74 Å². The van der Waals surface area contributed by atoms with Crippen molar-refractivity contribution in [2.75, 3.05) is 6.61 Å². The van der Waals surface area contributed by atoms with Crippen LogP contribution in [0.3, 0.4) is 0 Å². The van der Waals surface area contributed by atoms with E-state index in [1.807, 2.05) is 13.8 Å². The first kappa shape index (κ1) is 13.9. The molecule has 0 heterocycles. The number of ether oxygens (including phenoxy) is 1. The minimum Gasteiger partial charge on any atom is -0.494 e. The average molecular weight is 246 g/mol. The van der Waals surface area contributed by atoms with Crippen LogP contribution in [-0.4, -0.2) is 12.8 Å². The average Bonchev–Trinajstić information content (AvgIpc) is 2.37. The molecule has 1 aliphatic carbocycles. The lowest BCUT2D eigenvalue weighted by atomic mass is 9.89. The summed E-state index contributed by atoms with van der Waals surface area (Å²) in [4.78, 5) is 0. The molecule has 0 bridgehead atoms. The van der Waals surface area contributed by atoms with Crippen molar-refractivity contribution >= 4 is 0 Å². The van der Waals surface area contributed by atoms with Gasteiger partial charge in [0.15, 0.2) is 0 Å². The molecule has 96 valence electrons. The number of hydrogen-bond donors (Lipinski definition) is 0. The van der Waals surface area contributed by atoms with Gasteiger partial charge in [0, 0.05) is 0 Å². The molecule has 0 N–H and O–H groups in total. The smallest absolute Gasteiger partial charge is 0.401 e. The van der Waals surface area contributed by atoms with Gasteiger partial charge in [-0.05, 0) is 25.0 Å². The van der Waals surface area contributed by atoms with Gasteiger partial charge < -0.3 is 4.74 Å². The van der Waals surface area contributed by atoms with E-state index >= 15 is 0 Å². The predicted molar refractivity (Wildman–Crippen MR) is 61.3 cm³/mol. The Labute approximate surface area is 99.7 Å². The van der Waals surface area contributed by atoms with Gasteiger partial charge in [-0.2, -0.15) is 13.2 Å². The number of rotatable bonds is 3. The van der Waals surface area contributed by atoms with Gasteiger partial charge in [-0.3, -0.25) is 0 Å². The van der Waals surface area contributed by atoms with Crippen molar-refractivity contribution in [2.45, 2.75) is 26.9 Å². The number of allylic oxidation sites excluding steroid dienone is 5. The van der Waals surface area contributed by atoms with Crippen molar-refractivity contribution in [1.82, 2.24) is 0 Å². The Morgan fingerprint density at radius 3 is 2.47 bits per heavy atom. The first-order valence-electron chi connectivity index (χ1n) is 5.53. The van der Waals surface area contributed by atoms with Crippen LogP contribution in [0.4, 0.5) is 13.2 Å². The van der Waals surface area contributed by atoms with E-state index in [1.165, 1.54) is 6.08 Å². The standard InChI is InChI=1S/C13H17F3O/c1-10(2)9-17-11-6-4-5-7-12(3,8-11)13(14,15)16/h4-8,10H,9H2,1-3H3. The van der Waals surface area contributed by atoms with Gasteiger partial charge in [-0.15, -0.1) is 0 Å². The first-order chi connectivity index (χ1) is 7.74. The molecule has 0 aliphatic heterocycles. The van der Waals surface area contributed by atoms with Crippen molar-refractivity contribution in [3.63, 3.8) is 0 Å². The van der Waals surface area contributed by atoms with Crippen molar-refractivity contribution < 1.29 is 17.9 Å². The van der Waals surface area contributed by atoms with Crippen molar-refractivity contribution in [2.24, 2.45) is 11.3 Å². The second-order valence-electron chi connectivity index (χ2n) is 4.75. The van der Waals surface area contributed by atoms with Crippen LogP contribution < -0.4 is 0 Å². The summed E-state index contributed by atoms with van der Waals surface area (Å²) in [5.41, 5.74) is -1.97. The second kappa shape index (κ2) is 4.98. The monoisotopic (exact) mass is 246 g/mol. The van der Waals surface area contributed by atoms with Crippen LogP contribution in [0.1, 0.15) is 20.8 Å². The predicted octanol–water partition coefficient (Wildman–Crippen LogP) is 4.24. The normalized spacial score (nSPS) is 24.8. The maximum atomic E-state index is 12.9. The largest absolute Gasteiger partial charge is 0.494 e. The van der Waals surface area contributed by atoms with Gasteiger partial charge in [-0.1, -0.05) is 32.1 Å². The lowest BCUT2D eigenvalue weighted by Gasteiger charge is -2.25. The van der Waals surface area contributed by atoms with E-state index in [9.17, 15) is 13.2 Å². The Bertz CT molecular complexity index is 350. The highest BCUT2D eigenvalue weighted by atomic mass is 19.4. The Kier molecular flexibility index (Phi) is 4.07. The van der Waals surface area contributed by atoms with E-state index in [-0.39, 0.29) is 11.7 Å². The first-order valence-corrected chi connectivity index (χ1v) is 5.53. The maximum absolute atomic E-state index is 12.9. The summed E-state index contributed by atoms with van der Waals surface area (Å²) in [7, 11) is 0. The van der Waals surface area contributed by atoms with Crippen molar-refractivity contribution in [3.8, 4) is 0 Å². The Hall–Kier alpha value is -1.19. The molecule has 1 aliphatic rings. The van der Waals surface area contributed by atoms with Crippen LogP contribution in [0, 0.1) is 11.3 Å². The quantitative estimate of drug-likeness (QED) is 0.723. The number of alkyl halides is 3. The highest BCUT2D eigenvalue weighted by Gasteiger charge is 2.48. The summed E-state index contributed by atoms with van der Waals surface area (Å²) >= 11 is 0. The van der Waals surface area contributed by atoms with E-state index in [1.54, 1.807) is 12.2 Å². The zero-order chi connectivity index (χ0) is 13.1. The van der Waals surface area contributed by atoms with Crippen LogP contribution in [0.2, 0.25) is 0 Å². The van der Waals surface area contributed by atoms with Crippen LogP contribution in [0.15, 0.2) is 36.1 Å². The van der Waals surface area contributed by atoms with E-state index in [0.717, 1.165) is 19.1 Å².